The summed E-state index contributed by atoms with van der Waals surface area (Å²) in [6.07, 6.45) is 1.49. The Kier molecular flexibility index (Phi) is 6.36. The van der Waals surface area contributed by atoms with Crippen molar-refractivity contribution in [3.8, 4) is 11.5 Å². The molecule has 1 aromatic heterocycles. The Morgan fingerprint density at radius 3 is 2.62 bits per heavy atom. The molecular formula is C19H19FN6O3. The van der Waals surface area contributed by atoms with Crippen LogP contribution in [0.5, 0.6) is 11.5 Å². The molecule has 0 saturated heterocycles. The van der Waals surface area contributed by atoms with Crippen molar-refractivity contribution in [3.05, 3.63) is 65.1 Å². The minimum atomic E-state index is -0.293. The second-order valence-corrected chi connectivity index (χ2v) is 5.78. The number of amidine groups is 1. The molecular weight excluding hydrogens is 379 g/mol. The van der Waals surface area contributed by atoms with Gasteiger partial charge in [0.2, 0.25) is 0 Å². The van der Waals surface area contributed by atoms with E-state index in [2.05, 4.69) is 25.1 Å². The molecule has 0 spiro atoms. The maximum Gasteiger partial charge on any atom is 0.199 e. The number of rotatable bonds is 8. The van der Waals surface area contributed by atoms with E-state index in [4.69, 9.17) is 20.9 Å². The number of hydrogen-bond acceptors (Lipinski definition) is 8. The van der Waals surface area contributed by atoms with Gasteiger partial charge in [-0.2, -0.15) is 5.10 Å². The highest BCUT2D eigenvalue weighted by molar-refractivity contribution is 5.99. The van der Waals surface area contributed by atoms with Crippen molar-refractivity contribution in [1.29, 1.82) is 0 Å². The normalized spacial score (nSPS) is 11.7. The van der Waals surface area contributed by atoms with Crippen molar-refractivity contribution in [2.45, 2.75) is 13.5 Å². The lowest BCUT2D eigenvalue weighted by Gasteiger charge is -2.12. The van der Waals surface area contributed by atoms with Gasteiger partial charge >= 0.3 is 0 Å². The predicted octanol–water partition coefficient (Wildman–Crippen LogP) is 2.51. The Bertz CT molecular complexity index is 1020. The molecule has 0 bridgehead atoms. The lowest BCUT2D eigenvalue weighted by molar-refractivity contribution is 0.269. The lowest BCUT2D eigenvalue weighted by Crippen LogP contribution is -2.15. The maximum atomic E-state index is 13.0. The number of anilines is 1. The topological polar surface area (TPSA) is 134 Å². The molecule has 150 valence electrons. The second kappa shape index (κ2) is 9.31. The van der Waals surface area contributed by atoms with Gasteiger partial charge < -0.3 is 20.9 Å². The number of ether oxygens (including phenoxy) is 2. The van der Waals surface area contributed by atoms with Crippen LogP contribution in [0.2, 0.25) is 0 Å². The van der Waals surface area contributed by atoms with Crippen molar-refractivity contribution in [2.75, 3.05) is 12.3 Å². The molecule has 0 fully saturated rings. The highest BCUT2D eigenvalue weighted by Crippen LogP contribution is 2.29. The number of aromatic nitrogens is 2. The van der Waals surface area contributed by atoms with E-state index in [0.29, 0.717) is 23.7 Å². The van der Waals surface area contributed by atoms with E-state index in [1.807, 2.05) is 6.92 Å². The zero-order chi connectivity index (χ0) is 20.6. The molecule has 9 nitrogen and oxygen atoms in total. The summed E-state index contributed by atoms with van der Waals surface area (Å²) in [5.41, 5.74) is 13.0. The van der Waals surface area contributed by atoms with Crippen molar-refractivity contribution >= 4 is 17.9 Å². The van der Waals surface area contributed by atoms with Gasteiger partial charge in [-0.3, -0.25) is 0 Å². The van der Waals surface area contributed by atoms with E-state index < -0.39 is 0 Å². The Hall–Kier alpha value is -3.95. The highest BCUT2D eigenvalue weighted by Gasteiger charge is 2.10. The fourth-order valence-corrected chi connectivity index (χ4v) is 2.31. The third-order valence-corrected chi connectivity index (χ3v) is 3.70. The molecule has 0 aliphatic rings. The predicted molar refractivity (Wildman–Crippen MR) is 105 cm³/mol. The Labute approximate surface area is 165 Å². The average Bonchev–Trinajstić information content (AvgIpc) is 3.15. The molecule has 1 heterocycles. The number of nitrogens with zero attached hydrogens (tertiary/aromatic N) is 4. The quantitative estimate of drug-likeness (QED) is 0.338. The SMILES string of the molecule is CCOc1cc(C=N/N=C(\N)c2nonc2N)ccc1OCc1ccc(F)cc1. The van der Waals surface area contributed by atoms with Gasteiger partial charge in [0.05, 0.1) is 12.8 Å². The van der Waals surface area contributed by atoms with E-state index in [0.717, 1.165) is 5.56 Å². The van der Waals surface area contributed by atoms with Crippen LogP contribution in [0.25, 0.3) is 0 Å². The van der Waals surface area contributed by atoms with Crippen LogP contribution in [0, 0.1) is 5.82 Å². The van der Waals surface area contributed by atoms with Gasteiger partial charge in [-0.15, -0.1) is 5.10 Å². The molecule has 29 heavy (non-hydrogen) atoms. The lowest BCUT2D eigenvalue weighted by atomic mass is 10.2. The third-order valence-electron chi connectivity index (χ3n) is 3.70. The second-order valence-electron chi connectivity index (χ2n) is 5.78. The van der Waals surface area contributed by atoms with Crippen LogP contribution < -0.4 is 20.9 Å². The van der Waals surface area contributed by atoms with Gasteiger partial charge in [-0.25, -0.2) is 9.02 Å². The molecule has 0 amide bonds. The Balaban J connectivity index is 1.71. The first-order chi connectivity index (χ1) is 14.1. The Morgan fingerprint density at radius 1 is 1.14 bits per heavy atom. The van der Waals surface area contributed by atoms with Crippen LogP contribution in [0.15, 0.2) is 57.3 Å². The number of nitrogen functional groups attached to an aromatic ring is 1. The largest absolute Gasteiger partial charge is 0.490 e. The van der Waals surface area contributed by atoms with Crippen molar-refractivity contribution in [1.82, 2.24) is 10.3 Å². The van der Waals surface area contributed by atoms with E-state index in [-0.39, 0.29) is 29.8 Å². The van der Waals surface area contributed by atoms with Crippen LogP contribution in [0.4, 0.5) is 10.2 Å². The molecule has 0 atom stereocenters. The third kappa shape index (κ3) is 5.28. The summed E-state index contributed by atoms with van der Waals surface area (Å²) in [6, 6.07) is 11.4. The summed E-state index contributed by atoms with van der Waals surface area (Å²) < 4.78 is 28.9. The molecule has 4 N–H and O–H groups in total. The number of benzene rings is 2. The molecule has 3 rings (SSSR count). The van der Waals surface area contributed by atoms with Crippen molar-refractivity contribution in [2.24, 2.45) is 15.9 Å². The van der Waals surface area contributed by atoms with Crippen LogP contribution in [-0.2, 0) is 6.61 Å². The smallest absolute Gasteiger partial charge is 0.199 e. The molecule has 3 aromatic rings. The molecule has 0 aliphatic carbocycles. The number of nitrogens with two attached hydrogens (primary N) is 2. The zero-order valence-electron chi connectivity index (χ0n) is 15.6. The summed E-state index contributed by atoms with van der Waals surface area (Å²) in [4.78, 5) is 0. The van der Waals surface area contributed by atoms with Crippen LogP contribution >= 0.6 is 0 Å². The average molecular weight is 398 g/mol. The van der Waals surface area contributed by atoms with Crippen LogP contribution in [-0.4, -0.2) is 29.0 Å². The number of hydrogen-bond donors (Lipinski definition) is 2. The summed E-state index contributed by atoms with van der Waals surface area (Å²) >= 11 is 0. The fraction of sp³-hybridized carbons (Fsp3) is 0.158. The minimum absolute atomic E-state index is 0.0238. The van der Waals surface area contributed by atoms with Gasteiger partial charge in [-0.1, -0.05) is 12.1 Å². The fourth-order valence-electron chi connectivity index (χ4n) is 2.31. The highest BCUT2D eigenvalue weighted by atomic mass is 19.1. The summed E-state index contributed by atoms with van der Waals surface area (Å²) in [5.74, 6) is 0.809. The first kappa shape index (κ1) is 19.8. The van der Waals surface area contributed by atoms with Gasteiger partial charge in [0.1, 0.15) is 12.4 Å². The first-order valence-corrected chi connectivity index (χ1v) is 8.65. The molecule has 2 aromatic carbocycles. The van der Waals surface area contributed by atoms with E-state index in [9.17, 15) is 4.39 Å². The molecule has 0 radical (unpaired) electrons. The van der Waals surface area contributed by atoms with Crippen LogP contribution in [0.3, 0.4) is 0 Å². The van der Waals surface area contributed by atoms with Gasteiger partial charge in [0, 0.05) is 0 Å². The van der Waals surface area contributed by atoms with Crippen LogP contribution in [0.1, 0.15) is 23.7 Å². The first-order valence-electron chi connectivity index (χ1n) is 8.65. The molecule has 10 heteroatoms. The maximum absolute atomic E-state index is 13.0. The van der Waals surface area contributed by atoms with Crippen molar-refractivity contribution in [3.63, 3.8) is 0 Å². The van der Waals surface area contributed by atoms with Gasteiger partial charge in [-0.05, 0) is 58.7 Å². The standard InChI is InChI=1S/C19H19FN6O3/c1-2-27-16-9-13(10-23-24-18(21)17-19(22)26-29-25-17)5-8-15(16)28-11-12-3-6-14(20)7-4-12/h3-10H,2,11H2,1H3,(H2,21,24)(H2,22,26). The van der Waals surface area contributed by atoms with Gasteiger partial charge in [0.15, 0.2) is 28.8 Å². The zero-order valence-corrected chi connectivity index (χ0v) is 15.6. The molecule has 0 aliphatic heterocycles. The van der Waals surface area contributed by atoms with Gasteiger partial charge in [0.25, 0.3) is 0 Å². The van der Waals surface area contributed by atoms with E-state index in [1.165, 1.54) is 18.3 Å². The molecule has 0 unspecified atom stereocenters. The number of halogens is 1. The Morgan fingerprint density at radius 2 is 1.93 bits per heavy atom. The van der Waals surface area contributed by atoms with Crippen molar-refractivity contribution < 1.29 is 18.5 Å². The molecule has 0 saturated carbocycles. The van der Waals surface area contributed by atoms with E-state index >= 15 is 0 Å². The monoisotopic (exact) mass is 398 g/mol. The summed E-state index contributed by atoms with van der Waals surface area (Å²) in [7, 11) is 0. The summed E-state index contributed by atoms with van der Waals surface area (Å²) in [5, 5.41) is 14.7. The summed E-state index contributed by atoms with van der Waals surface area (Å²) in [6.45, 7) is 2.60. The minimum Gasteiger partial charge on any atom is -0.490 e. The van der Waals surface area contributed by atoms with E-state index in [1.54, 1.807) is 30.3 Å².